The van der Waals surface area contributed by atoms with E-state index in [2.05, 4.69) is 46.2 Å². The van der Waals surface area contributed by atoms with E-state index >= 15 is 0 Å². The summed E-state index contributed by atoms with van der Waals surface area (Å²) in [5.74, 6) is 3.74. The first kappa shape index (κ1) is 11.9. The van der Waals surface area contributed by atoms with Crippen molar-refractivity contribution in [1.82, 2.24) is 0 Å². The highest BCUT2D eigenvalue weighted by Crippen LogP contribution is 2.36. The molecule has 0 fully saturated rings. The SMILES string of the molecule is C#CC(C)(C)CC(C)(CC)CS. The van der Waals surface area contributed by atoms with Gasteiger partial charge in [0, 0.05) is 5.41 Å². The van der Waals surface area contributed by atoms with E-state index in [4.69, 9.17) is 6.42 Å². The molecule has 0 N–H and O–H groups in total. The van der Waals surface area contributed by atoms with Gasteiger partial charge in [0.25, 0.3) is 0 Å². The fraction of sp³-hybridized carbons (Fsp3) is 0.818. The lowest BCUT2D eigenvalue weighted by atomic mass is 9.74. The molecule has 0 heterocycles. The minimum atomic E-state index is 0.00743. The van der Waals surface area contributed by atoms with Gasteiger partial charge in [-0.1, -0.05) is 13.8 Å². The van der Waals surface area contributed by atoms with Crippen LogP contribution < -0.4 is 0 Å². The van der Waals surface area contributed by atoms with Crippen LogP contribution in [0, 0.1) is 23.2 Å². The van der Waals surface area contributed by atoms with Crippen LogP contribution in [0.5, 0.6) is 0 Å². The lowest BCUT2D eigenvalue weighted by molar-refractivity contribution is 0.244. The van der Waals surface area contributed by atoms with E-state index in [1.165, 1.54) is 0 Å². The molecule has 0 aromatic carbocycles. The molecular weight excluding hydrogens is 164 g/mol. The van der Waals surface area contributed by atoms with Gasteiger partial charge in [0.05, 0.1) is 0 Å². The lowest BCUT2D eigenvalue weighted by Gasteiger charge is -2.32. The summed E-state index contributed by atoms with van der Waals surface area (Å²) >= 11 is 4.36. The Kier molecular flexibility index (Phi) is 4.20. The lowest BCUT2D eigenvalue weighted by Crippen LogP contribution is -2.25. The van der Waals surface area contributed by atoms with Crippen LogP contribution in [0.1, 0.15) is 40.5 Å². The van der Waals surface area contributed by atoms with Crippen LogP contribution in [0.4, 0.5) is 0 Å². The molecule has 0 aliphatic heterocycles. The minimum absolute atomic E-state index is 0.00743. The molecule has 1 atom stereocenters. The highest BCUT2D eigenvalue weighted by molar-refractivity contribution is 7.80. The van der Waals surface area contributed by atoms with Crippen molar-refractivity contribution in [2.75, 3.05) is 5.75 Å². The van der Waals surface area contributed by atoms with Crippen LogP contribution in [0.25, 0.3) is 0 Å². The molecule has 1 heteroatoms. The number of hydrogen-bond acceptors (Lipinski definition) is 1. The zero-order valence-corrected chi connectivity index (χ0v) is 9.54. The molecular formula is C11H20S. The normalized spacial score (nSPS) is 16.7. The Labute approximate surface area is 82.5 Å². The first-order chi connectivity index (χ1) is 5.39. The maximum Gasteiger partial charge on any atom is 0.0261 e. The van der Waals surface area contributed by atoms with Crippen LogP contribution in [-0.4, -0.2) is 5.75 Å². The van der Waals surface area contributed by atoms with Crippen LogP contribution >= 0.6 is 12.6 Å². The molecule has 0 nitrogen and oxygen atoms in total. The number of hydrogen-bond donors (Lipinski definition) is 1. The Morgan fingerprint density at radius 2 is 1.83 bits per heavy atom. The zero-order valence-electron chi connectivity index (χ0n) is 8.65. The zero-order chi connectivity index (χ0) is 9.83. The fourth-order valence-corrected chi connectivity index (χ4v) is 1.75. The summed E-state index contributed by atoms with van der Waals surface area (Å²) in [6.45, 7) is 8.68. The predicted octanol–water partition coefficient (Wildman–Crippen LogP) is 3.38. The molecule has 70 valence electrons. The van der Waals surface area contributed by atoms with Crippen LogP contribution in [0.3, 0.4) is 0 Å². The van der Waals surface area contributed by atoms with E-state index in [0.29, 0.717) is 5.41 Å². The Hall–Kier alpha value is -0.0900. The van der Waals surface area contributed by atoms with E-state index in [1.54, 1.807) is 0 Å². The van der Waals surface area contributed by atoms with Crippen LogP contribution in [0.2, 0.25) is 0 Å². The van der Waals surface area contributed by atoms with Gasteiger partial charge in [0.2, 0.25) is 0 Å². The van der Waals surface area contributed by atoms with Crippen molar-refractivity contribution in [3.63, 3.8) is 0 Å². The summed E-state index contributed by atoms with van der Waals surface area (Å²) in [7, 11) is 0. The Balaban J connectivity index is 4.33. The summed E-state index contributed by atoms with van der Waals surface area (Å²) in [4.78, 5) is 0. The Bertz CT molecular complexity index is 170. The fourth-order valence-electron chi connectivity index (χ4n) is 1.41. The average Bonchev–Trinajstić information content (AvgIpc) is 2.04. The van der Waals surface area contributed by atoms with Crippen molar-refractivity contribution >= 4 is 12.6 Å². The molecule has 0 aliphatic rings. The number of thiol groups is 1. The van der Waals surface area contributed by atoms with Gasteiger partial charge < -0.3 is 0 Å². The van der Waals surface area contributed by atoms with Crippen molar-refractivity contribution in [3.05, 3.63) is 0 Å². The summed E-state index contributed by atoms with van der Waals surface area (Å²) in [5, 5.41) is 0. The van der Waals surface area contributed by atoms with Gasteiger partial charge in [-0.05, 0) is 37.9 Å². The Morgan fingerprint density at radius 1 is 1.33 bits per heavy atom. The topological polar surface area (TPSA) is 0 Å². The molecule has 0 aliphatic carbocycles. The largest absolute Gasteiger partial charge is 0.179 e. The second-order valence-corrected chi connectivity index (χ2v) is 4.84. The highest BCUT2D eigenvalue weighted by atomic mass is 32.1. The molecule has 0 saturated carbocycles. The van der Waals surface area contributed by atoms with Gasteiger partial charge in [0.1, 0.15) is 0 Å². The maximum absolute atomic E-state index is 5.45. The standard InChI is InChI=1S/C11H20S/c1-6-10(3,4)8-11(5,7-2)9-12/h1,12H,7-9H2,2-5H3. The Morgan fingerprint density at radius 3 is 2.08 bits per heavy atom. The third-order valence-electron chi connectivity index (χ3n) is 2.49. The smallest absolute Gasteiger partial charge is 0.0261 e. The summed E-state index contributed by atoms with van der Waals surface area (Å²) in [5.41, 5.74) is 0.298. The maximum atomic E-state index is 5.45. The second-order valence-electron chi connectivity index (χ2n) is 4.53. The third kappa shape index (κ3) is 3.54. The minimum Gasteiger partial charge on any atom is -0.179 e. The van der Waals surface area contributed by atoms with Crippen LogP contribution in [-0.2, 0) is 0 Å². The van der Waals surface area contributed by atoms with Gasteiger partial charge in [-0.25, -0.2) is 0 Å². The molecule has 0 bridgehead atoms. The first-order valence-electron chi connectivity index (χ1n) is 4.48. The quantitative estimate of drug-likeness (QED) is 0.502. The van der Waals surface area contributed by atoms with Crippen LogP contribution in [0.15, 0.2) is 0 Å². The van der Waals surface area contributed by atoms with Gasteiger partial charge in [-0.15, -0.1) is 12.3 Å². The van der Waals surface area contributed by atoms with Gasteiger partial charge in [-0.2, -0.15) is 12.6 Å². The first-order valence-corrected chi connectivity index (χ1v) is 5.11. The monoisotopic (exact) mass is 184 g/mol. The highest BCUT2D eigenvalue weighted by Gasteiger charge is 2.28. The van der Waals surface area contributed by atoms with Crippen molar-refractivity contribution in [2.24, 2.45) is 10.8 Å². The van der Waals surface area contributed by atoms with E-state index in [0.717, 1.165) is 18.6 Å². The van der Waals surface area contributed by atoms with E-state index < -0.39 is 0 Å². The summed E-state index contributed by atoms with van der Waals surface area (Å²) < 4.78 is 0. The van der Waals surface area contributed by atoms with Crippen molar-refractivity contribution in [1.29, 1.82) is 0 Å². The second kappa shape index (κ2) is 4.23. The summed E-state index contributed by atoms with van der Waals surface area (Å²) in [6.07, 6.45) is 7.64. The molecule has 0 radical (unpaired) electrons. The molecule has 0 spiro atoms. The van der Waals surface area contributed by atoms with Crippen molar-refractivity contribution in [2.45, 2.75) is 40.5 Å². The van der Waals surface area contributed by atoms with E-state index in [-0.39, 0.29) is 5.41 Å². The molecule has 0 rings (SSSR count). The molecule has 0 aromatic heterocycles. The van der Waals surface area contributed by atoms with Gasteiger partial charge >= 0.3 is 0 Å². The number of terminal acetylenes is 1. The molecule has 0 amide bonds. The van der Waals surface area contributed by atoms with Crippen molar-refractivity contribution < 1.29 is 0 Å². The third-order valence-corrected chi connectivity index (χ3v) is 3.26. The van der Waals surface area contributed by atoms with E-state index in [1.807, 2.05) is 0 Å². The average molecular weight is 184 g/mol. The summed E-state index contributed by atoms with van der Waals surface area (Å²) in [6, 6.07) is 0. The van der Waals surface area contributed by atoms with Crippen molar-refractivity contribution in [3.8, 4) is 12.3 Å². The number of rotatable bonds is 4. The molecule has 12 heavy (non-hydrogen) atoms. The van der Waals surface area contributed by atoms with E-state index in [9.17, 15) is 0 Å². The van der Waals surface area contributed by atoms with Gasteiger partial charge in [0.15, 0.2) is 0 Å². The molecule has 0 saturated heterocycles. The predicted molar refractivity (Wildman–Crippen MR) is 59.5 cm³/mol. The van der Waals surface area contributed by atoms with Gasteiger partial charge in [-0.3, -0.25) is 0 Å². The molecule has 1 unspecified atom stereocenters. The molecule has 0 aromatic rings.